The zero-order valence-electron chi connectivity index (χ0n) is 12.9. The van der Waals surface area contributed by atoms with Crippen LogP contribution in [0.15, 0.2) is 11.6 Å². The Morgan fingerprint density at radius 1 is 1.43 bits per heavy atom. The molecule has 1 aromatic heterocycles. The Kier molecular flexibility index (Phi) is 5.36. The van der Waals surface area contributed by atoms with Crippen LogP contribution in [0.25, 0.3) is 0 Å². The summed E-state index contributed by atoms with van der Waals surface area (Å²) in [6.07, 6.45) is 10.0. The first-order chi connectivity index (χ1) is 10.1. The highest BCUT2D eigenvalue weighted by atomic mass is 16.6. The van der Waals surface area contributed by atoms with E-state index in [0.717, 1.165) is 19.4 Å². The van der Waals surface area contributed by atoms with Gasteiger partial charge in [-0.1, -0.05) is 25.0 Å². The second-order valence-corrected chi connectivity index (χ2v) is 5.52. The quantitative estimate of drug-likeness (QED) is 0.494. The van der Waals surface area contributed by atoms with Crippen LogP contribution in [0.3, 0.4) is 0 Å². The smallest absolute Gasteiger partial charge is 0.333 e. The zero-order valence-corrected chi connectivity index (χ0v) is 12.9. The summed E-state index contributed by atoms with van der Waals surface area (Å²) in [6.45, 7) is 2.60. The minimum Gasteiger partial charge on any atom is -0.364 e. The van der Waals surface area contributed by atoms with Gasteiger partial charge in [0.05, 0.1) is 4.92 Å². The Morgan fingerprint density at radius 2 is 2.24 bits per heavy atom. The molecule has 21 heavy (non-hydrogen) atoms. The number of aromatic nitrogens is 2. The molecule has 116 valence electrons. The number of anilines is 1. The van der Waals surface area contributed by atoms with Crippen LogP contribution in [0.1, 0.15) is 51.1 Å². The van der Waals surface area contributed by atoms with Gasteiger partial charge in [-0.15, -0.1) is 0 Å². The van der Waals surface area contributed by atoms with Crippen molar-refractivity contribution >= 4 is 11.5 Å². The maximum absolute atomic E-state index is 11.2. The molecule has 0 atom stereocenters. The van der Waals surface area contributed by atoms with Gasteiger partial charge in [-0.2, -0.15) is 5.10 Å². The van der Waals surface area contributed by atoms with Gasteiger partial charge >= 0.3 is 5.69 Å². The van der Waals surface area contributed by atoms with Gasteiger partial charge in [-0.3, -0.25) is 10.1 Å². The highest BCUT2D eigenvalue weighted by molar-refractivity contribution is 5.59. The largest absolute Gasteiger partial charge is 0.364 e. The second-order valence-electron chi connectivity index (χ2n) is 5.52. The summed E-state index contributed by atoms with van der Waals surface area (Å²) in [5.74, 6) is 0.520. The number of aryl methyl sites for hydroxylation is 2. The molecule has 1 aromatic rings. The highest BCUT2D eigenvalue weighted by Crippen LogP contribution is 2.28. The van der Waals surface area contributed by atoms with Gasteiger partial charge in [0, 0.05) is 13.6 Å². The molecule has 2 rings (SSSR count). The van der Waals surface area contributed by atoms with Crippen LogP contribution in [0.5, 0.6) is 0 Å². The van der Waals surface area contributed by atoms with Crippen LogP contribution in [-0.4, -0.2) is 21.2 Å². The van der Waals surface area contributed by atoms with Gasteiger partial charge in [-0.05, 0) is 38.5 Å². The van der Waals surface area contributed by atoms with E-state index in [1.165, 1.54) is 31.3 Å². The van der Waals surface area contributed by atoms with Gasteiger partial charge in [0.1, 0.15) is 5.69 Å². The number of hydrogen-bond acceptors (Lipinski definition) is 4. The predicted octanol–water partition coefficient (Wildman–Crippen LogP) is 3.58. The SMILES string of the molecule is CCc1nn(C)c(NCCC2=CCCCCC2)c1[N+](=O)[O-]. The molecule has 0 unspecified atom stereocenters. The van der Waals surface area contributed by atoms with Crippen LogP contribution in [-0.2, 0) is 13.5 Å². The molecule has 0 amide bonds. The highest BCUT2D eigenvalue weighted by Gasteiger charge is 2.25. The molecule has 0 bridgehead atoms. The average molecular weight is 292 g/mol. The third-order valence-corrected chi connectivity index (χ3v) is 3.98. The molecule has 0 fully saturated rings. The fourth-order valence-electron chi connectivity index (χ4n) is 2.85. The normalized spacial score (nSPS) is 15.4. The van der Waals surface area contributed by atoms with Crippen LogP contribution in [0.4, 0.5) is 11.5 Å². The molecular formula is C15H24N4O2. The number of allylic oxidation sites excluding steroid dienone is 1. The summed E-state index contributed by atoms with van der Waals surface area (Å²) >= 11 is 0. The van der Waals surface area contributed by atoms with Crippen molar-refractivity contribution in [1.29, 1.82) is 0 Å². The lowest BCUT2D eigenvalue weighted by Gasteiger charge is -2.08. The number of rotatable bonds is 6. The maximum atomic E-state index is 11.2. The molecule has 1 aliphatic rings. The van der Waals surface area contributed by atoms with Crippen molar-refractivity contribution in [1.82, 2.24) is 9.78 Å². The number of nitrogens with zero attached hydrogens (tertiary/aromatic N) is 3. The van der Waals surface area contributed by atoms with Gasteiger partial charge in [0.15, 0.2) is 0 Å². The topological polar surface area (TPSA) is 73.0 Å². The molecular weight excluding hydrogens is 268 g/mol. The van der Waals surface area contributed by atoms with Crippen molar-refractivity contribution in [3.05, 3.63) is 27.5 Å². The summed E-state index contributed by atoms with van der Waals surface area (Å²) in [7, 11) is 1.75. The molecule has 1 aliphatic carbocycles. The standard InChI is InChI=1S/C15H24N4O2/c1-3-13-14(19(20)21)15(18(2)17-13)16-11-10-12-8-6-4-5-7-9-12/h8,16H,3-7,9-11H2,1-2H3. The van der Waals surface area contributed by atoms with E-state index in [-0.39, 0.29) is 10.6 Å². The average Bonchev–Trinajstić information content (AvgIpc) is 2.64. The molecule has 0 radical (unpaired) electrons. The van der Waals surface area contributed by atoms with E-state index in [0.29, 0.717) is 17.9 Å². The van der Waals surface area contributed by atoms with E-state index in [9.17, 15) is 10.1 Å². The third-order valence-electron chi connectivity index (χ3n) is 3.98. The Morgan fingerprint density at radius 3 is 2.95 bits per heavy atom. The van der Waals surface area contributed by atoms with Crippen molar-refractivity contribution in [2.75, 3.05) is 11.9 Å². The fourth-order valence-corrected chi connectivity index (χ4v) is 2.85. The molecule has 6 heteroatoms. The summed E-state index contributed by atoms with van der Waals surface area (Å²) in [5.41, 5.74) is 2.13. The van der Waals surface area contributed by atoms with Crippen LogP contribution >= 0.6 is 0 Å². The van der Waals surface area contributed by atoms with E-state index in [4.69, 9.17) is 0 Å². The van der Waals surface area contributed by atoms with E-state index in [2.05, 4.69) is 16.5 Å². The van der Waals surface area contributed by atoms with Crippen LogP contribution in [0, 0.1) is 10.1 Å². The van der Waals surface area contributed by atoms with E-state index in [1.54, 1.807) is 11.7 Å². The summed E-state index contributed by atoms with van der Waals surface area (Å²) in [5, 5.41) is 18.7. The van der Waals surface area contributed by atoms with E-state index in [1.807, 2.05) is 6.92 Å². The minimum atomic E-state index is -0.334. The van der Waals surface area contributed by atoms with Crippen molar-refractivity contribution in [3.63, 3.8) is 0 Å². The van der Waals surface area contributed by atoms with Crippen molar-refractivity contribution < 1.29 is 4.92 Å². The maximum Gasteiger partial charge on any atom is 0.333 e. The number of nitro groups is 1. The van der Waals surface area contributed by atoms with Crippen molar-refractivity contribution in [2.45, 2.75) is 51.9 Å². The zero-order chi connectivity index (χ0) is 15.2. The third kappa shape index (κ3) is 3.83. The monoisotopic (exact) mass is 292 g/mol. The van der Waals surface area contributed by atoms with Gasteiger partial charge in [-0.25, -0.2) is 4.68 Å². The number of nitrogens with one attached hydrogen (secondary N) is 1. The molecule has 1 N–H and O–H groups in total. The molecule has 0 saturated carbocycles. The van der Waals surface area contributed by atoms with Crippen molar-refractivity contribution in [2.24, 2.45) is 7.05 Å². The molecule has 0 aliphatic heterocycles. The summed E-state index contributed by atoms with van der Waals surface area (Å²) in [6, 6.07) is 0. The van der Waals surface area contributed by atoms with Crippen molar-refractivity contribution in [3.8, 4) is 0 Å². The number of hydrogen-bond donors (Lipinski definition) is 1. The van der Waals surface area contributed by atoms with Crippen LogP contribution < -0.4 is 5.32 Å². The van der Waals surface area contributed by atoms with Gasteiger partial charge in [0.25, 0.3) is 0 Å². The Labute approximate surface area is 125 Å². The minimum absolute atomic E-state index is 0.120. The predicted molar refractivity (Wildman–Crippen MR) is 83.5 cm³/mol. The summed E-state index contributed by atoms with van der Waals surface area (Å²) < 4.78 is 1.58. The molecule has 0 spiro atoms. The lowest BCUT2D eigenvalue weighted by atomic mass is 10.1. The van der Waals surface area contributed by atoms with Gasteiger partial charge < -0.3 is 5.32 Å². The Bertz CT molecular complexity index is 534. The molecule has 0 aromatic carbocycles. The van der Waals surface area contributed by atoms with Crippen LogP contribution in [0.2, 0.25) is 0 Å². The van der Waals surface area contributed by atoms with E-state index >= 15 is 0 Å². The Hall–Kier alpha value is -1.85. The van der Waals surface area contributed by atoms with Gasteiger partial charge in [0.2, 0.25) is 5.82 Å². The molecule has 6 nitrogen and oxygen atoms in total. The lowest BCUT2D eigenvalue weighted by Crippen LogP contribution is -2.08. The Balaban J connectivity index is 2.01. The molecule has 1 heterocycles. The first-order valence-electron chi connectivity index (χ1n) is 7.75. The first-order valence-corrected chi connectivity index (χ1v) is 7.75. The fraction of sp³-hybridized carbons (Fsp3) is 0.667. The summed E-state index contributed by atoms with van der Waals surface area (Å²) in [4.78, 5) is 10.9. The van der Waals surface area contributed by atoms with E-state index < -0.39 is 0 Å². The molecule has 0 saturated heterocycles. The lowest BCUT2D eigenvalue weighted by molar-refractivity contribution is -0.384. The first kappa shape index (κ1) is 15.5. The second kappa shape index (κ2) is 7.24.